The van der Waals surface area contributed by atoms with Crippen LogP contribution in [0.15, 0.2) is 6.33 Å². The molecule has 0 atom stereocenters. The minimum Gasteiger partial charge on any atom is -0.307 e. The van der Waals surface area contributed by atoms with Crippen molar-refractivity contribution in [1.29, 1.82) is 0 Å². The van der Waals surface area contributed by atoms with Crippen molar-refractivity contribution in [1.82, 2.24) is 14.8 Å². The fraction of sp³-hybridized carbons (Fsp3) is 0.667. The lowest BCUT2D eigenvalue weighted by molar-refractivity contribution is 0.624. The second-order valence-corrected chi connectivity index (χ2v) is 2.60. The van der Waals surface area contributed by atoms with Crippen LogP contribution in [0.1, 0.15) is 19.8 Å². The van der Waals surface area contributed by atoms with E-state index in [1.54, 1.807) is 6.33 Å². The monoisotopic (exact) mass is 157 g/mol. The van der Waals surface area contributed by atoms with Crippen LogP contribution in [0.5, 0.6) is 0 Å². The normalized spacial score (nSPS) is 10.1. The molecule has 0 aliphatic heterocycles. The SMILES string of the molecule is CCCCn1cn[nH]c1=S. The molecule has 1 aromatic rings. The van der Waals surface area contributed by atoms with Gasteiger partial charge < -0.3 is 4.57 Å². The largest absolute Gasteiger partial charge is 0.307 e. The van der Waals surface area contributed by atoms with Gasteiger partial charge >= 0.3 is 0 Å². The summed E-state index contributed by atoms with van der Waals surface area (Å²) in [6, 6.07) is 0. The lowest BCUT2D eigenvalue weighted by Gasteiger charge is -1.96. The van der Waals surface area contributed by atoms with Gasteiger partial charge in [-0.1, -0.05) is 13.3 Å². The van der Waals surface area contributed by atoms with Gasteiger partial charge in [-0.15, -0.1) is 0 Å². The van der Waals surface area contributed by atoms with Crippen molar-refractivity contribution in [3.63, 3.8) is 0 Å². The number of rotatable bonds is 3. The van der Waals surface area contributed by atoms with Gasteiger partial charge in [-0.05, 0) is 18.6 Å². The number of nitrogens with zero attached hydrogens (tertiary/aromatic N) is 2. The fourth-order valence-corrected chi connectivity index (χ4v) is 0.949. The van der Waals surface area contributed by atoms with Crippen LogP contribution >= 0.6 is 12.2 Å². The highest BCUT2D eigenvalue weighted by molar-refractivity contribution is 7.71. The van der Waals surface area contributed by atoms with E-state index in [0.717, 1.165) is 13.0 Å². The summed E-state index contributed by atoms with van der Waals surface area (Å²) in [4.78, 5) is 0. The molecule has 1 heterocycles. The average molecular weight is 157 g/mol. The van der Waals surface area contributed by atoms with E-state index >= 15 is 0 Å². The highest BCUT2D eigenvalue weighted by atomic mass is 32.1. The van der Waals surface area contributed by atoms with E-state index in [1.807, 2.05) is 4.57 Å². The number of hydrogen-bond donors (Lipinski definition) is 1. The molecule has 4 heteroatoms. The molecule has 0 bridgehead atoms. The molecule has 0 aliphatic rings. The summed E-state index contributed by atoms with van der Waals surface area (Å²) in [6.45, 7) is 3.13. The van der Waals surface area contributed by atoms with Crippen molar-refractivity contribution in [2.45, 2.75) is 26.3 Å². The van der Waals surface area contributed by atoms with E-state index in [2.05, 4.69) is 17.1 Å². The Bertz CT molecular complexity index is 237. The zero-order valence-electron chi connectivity index (χ0n) is 6.00. The highest BCUT2D eigenvalue weighted by Crippen LogP contribution is 1.93. The first-order valence-corrected chi connectivity index (χ1v) is 3.85. The maximum Gasteiger partial charge on any atom is 0.194 e. The Hall–Kier alpha value is -0.640. The number of nitrogens with one attached hydrogen (secondary N) is 1. The van der Waals surface area contributed by atoms with Crippen LogP contribution < -0.4 is 0 Å². The van der Waals surface area contributed by atoms with Crippen molar-refractivity contribution in [2.75, 3.05) is 0 Å². The lowest BCUT2D eigenvalue weighted by atomic mass is 10.3. The topological polar surface area (TPSA) is 33.6 Å². The van der Waals surface area contributed by atoms with Gasteiger partial charge in [0.2, 0.25) is 0 Å². The first-order valence-electron chi connectivity index (χ1n) is 3.44. The van der Waals surface area contributed by atoms with E-state index in [9.17, 15) is 0 Å². The number of H-pyrrole nitrogens is 1. The Kier molecular flexibility index (Phi) is 2.62. The third kappa shape index (κ3) is 1.67. The molecule has 56 valence electrons. The number of aromatic nitrogens is 3. The molecule has 0 amide bonds. The van der Waals surface area contributed by atoms with Gasteiger partial charge in [-0.25, -0.2) is 0 Å². The minimum absolute atomic E-state index is 0.716. The summed E-state index contributed by atoms with van der Waals surface area (Å²) >= 11 is 4.94. The molecule has 0 aliphatic carbocycles. The molecule has 1 aromatic heterocycles. The standard InChI is InChI=1S/C6H11N3S/c1-2-3-4-9-5-7-8-6(9)10/h5H,2-4H2,1H3,(H,8,10). The van der Waals surface area contributed by atoms with Crippen molar-refractivity contribution in [2.24, 2.45) is 0 Å². The van der Waals surface area contributed by atoms with Crippen molar-refractivity contribution in [3.8, 4) is 0 Å². The van der Waals surface area contributed by atoms with Crippen LogP contribution in [0, 0.1) is 4.77 Å². The maximum absolute atomic E-state index is 4.94. The van der Waals surface area contributed by atoms with E-state index in [0.29, 0.717) is 4.77 Å². The van der Waals surface area contributed by atoms with Gasteiger partial charge in [0.05, 0.1) is 0 Å². The Balaban J connectivity index is 2.57. The summed E-state index contributed by atoms with van der Waals surface area (Å²) in [5, 5.41) is 6.51. The number of hydrogen-bond acceptors (Lipinski definition) is 2. The zero-order valence-corrected chi connectivity index (χ0v) is 6.82. The Labute approximate surface area is 65.1 Å². The Morgan fingerprint density at radius 1 is 1.80 bits per heavy atom. The maximum atomic E-state index is 4.94. The molecular weight excluding hydrogens is 146 g/mol. The van der Waals surface area contributed by atoms with Gasteiger partial charge in [0.15, 0.2) is 4.77 Å². The molecule has 0 aromatic carbocycles. The predicted molar refractivity (Wildman–Crippen MR) is 42.3 cm³/mol. The predicted octanol–water partition coefficient (Wildman–Crippen LogP) is 1.74. The van der Waals surface area contributed by atoms with Crippen LogP contribution in [0.4, 0.5) is 0 Å². The van der Waals surface area contributed by atoms with Crippen LogP contribution in [0.3, 0.4) is 0 Å². The molecule has 0 unspecified atom stereocenters. The summed E-state index contributed by atoms with van der Waals surface area (Å²) in [7, 11) is 0. The van der Waals surface area contributed by atoms with Crippen molar-refractivity contribution < 1.29 is 0 Å². The van der Waals surface area contributed by atoms with Gasteiger partial charge in [-0.3, -0.25) is 5.10 Å². The summed E-state index contributed by atoms with van der Waals surface area (Å²) in [5.74, 6) is 0. The molecule has 1 rings (SSSR count). The Morgan fingerprint density at radius 2 is 2.60 bits per heavy atom. The van der Waals surface area contributed by atoms with Crippen LogP contribution in [0.25, 0.3) is 0 Å². The van der Waals surface area contributed by atoms with Gasteiger partial charge in [0.25, 0.3) is 0 Å². The minimum atomic E-state index is 0.716. The molecule has 0 saturated heterocycles. The van der Waals surface area contributed by atoms with Crippen LogP contribution in [-0.2, 0) is 6.54 Å². The fourth-order valence-electron chi connectivity index (χ4n) is 0.758. The van der Waals surface area contributed by atoms with Crippen LogP contribution in [-0.4, -0.2) is 14.8 Å². The second-order valence-electron chi connectivity index (χ2n) is 2.21. The molecule has 0 spiro atoms. The van der Waals surface area contributed by atoms with E-state index in [1.165, 1.54) is 6.42 Å². The van der Waals surface area contributed by atoms with Gasteiger partial charge in [0, 0.05) is 6.54 Å². The number of aromatic amines is 1. The zero-order chi connectivity index (χ0) is 7.40. The molecule has 0 fully saturated rings. The van der Waals surface area contributed by atoms with Gasteiger partial charge in [0.1, 0.15) is 6.33 Å². The third-order valence-electron chi connectivity index (χ3n) is 1.37. The van der Waals surface area contributed by atoms with Crippen LogP contribution in [0.2, 0.25) is 0 Å². The lowest BCUT2D eigenvalue weighted by Crippen LogP contribution is -1.94. The molecule has 3 nitrogen and oxygen atoms in total. The quantitative estimate of drug-likeness (QED) is 0.678. The molecule has 10 heavy (non-hydrogen) atoms. The summed E-state index contributed by atoms with van der Waals surface area (Å²) < 4.78 is 2.66. The third-order valence-corrected chi connectivity index (χ3v) is 1.70. The van der Waals surface area contributed by atoms with E-state index < -0.39 is 0 Å². The van der Waals surface area contributed by atoms with E-state index in [4.69, 9.17) is 12.2 Å². The number of aryl methyl sites for hydroxylation is 1. The smallest absolute Gasteiger partial charge is 0.194 e. The first-order chi connectivity index (χ1) is 4.84. The molecule has 0 saturated carbocycles. The summed E-state index contributed by atoms with van der Waals surface area (Å²) in [5.41, 5.74) is 0. The summed E-state index contributed by atoms with van der Waals surface area (Å²) in [6.07, 6.45) is 4.08. The molecule has 0 radical (unpaired) electrons. The average Bonchev–Trinajstić information content (AvgIpc) is 2.31. The molecular formula is C6H11N3S. The highest BCUT2D eigenvalue weighted by Gasteiger charge is 1.90. The Morgan fingerprint density at radius 3 is 3.10 bits per heavy atom. The molecule has 1 N–H and O–H groups in total. The van der Waals surface area contributed by atoms with E-state index in [-0.39, 0.29) is 0 Å². The second kappa shape index (κ2) is 3.51. The number of unbranched alkanes of at least 4 members (excludes halogenated alkanes) is 1. The first kappa shape index (κ1) is 7.47. The van der Waals surface area contributed by atoms with Gasteiger partial charge in [-0.2, -0.15) is 5.10 Å². The van der Waals surface area contributed by atoms with Crippen molar-refractivity contribution in [3.05, 3.63) is 11.1 Å². The van der Waals surface area contributed by atoms with Crippen molar-refractivity contribution >= 4 is 12.2 Å².